The highest BCUT2D eigenvalue weighted by Gasteiger charge is 2.47. The summed E-state index contributed by atoms with van der Waals surface area (Å²) in [4.78, 5) is 25.4. The summed E-state index contributed by atoms with van der Waals surface area (Å²) in [5.74, 6) is -1.39. The maximum atomic E-state index is 12.6. The molecule has 0 radical (unpaired) electrons. The van der Waals surface area contributed by atoms with Crippen LogP contribution in [0.15, 0.2) is 12.3 Å². The summed E-state index contributed by atoms with van der Waals surface area (Å²) in [7, 11) is 0. The Kier molecular flexibility index (Phi) is 4.27. The molecule has 3 rings (SSSR count). The van der Waals surface area contributed by atoms with Gasteiger partial charge in [-0.05, 0) is 31.2 Å². The Hall–Kier alpha value is -2.06. The number of aliphatic carboxylic acids is 1. The SMILES string of the molecule is O=C(O)C1CC2CCCCC2N1C(=O)Cn1ccc(C(F)(F)F)n1. The summed E-state index contributed by atoms with van der Waals surface area (Å²) in [6, 6.07) is -0.233. The number of carbonyl (C=O) groups is 2. The predicted molar refractivity (Wildman–Crippen MR) is 75.9 cm³/mol. The highest BCUT2D eigenvalue weighted by Crippen LogP contribution is 2.40. The van der Waals surface area contributed by atoms with Crippen LogP contribution in [0.5, 0.6) is 0 Å². The maximum absolute atomic E-state index is 12.6. The van der Waals surface area contributed by atoms with Gasteiger partial charge < -0.3 is 10.0 Å². The second kappa shape index (κ2) is 6.10. The van der Waals surface area contributed by atoms with E-state index in [4.69, 9.17) is 0 Å². The van der Waals surface area contributed by atoms with Crippen LogP contribution in [0.2, 0.25) is 0 Å². The minimum Gasteiger partial charge on any atom is -0.480 e. The molecule has 132 valence electrons. The highest BCUT2D eigenvalue weighted by atomic mass is 19.4. The first kappa shape index (κ1) is 16.8. The summed E-state index contributed by atoms with van der Waals surface area (Å²) >= 11 is 0. The van der Waals surface area contributed by atoms with Gasteiger partial charge in [0.25, 0.3) is 0 Å². The van der Waals surface area contributed by atoms with Gasteiger partial charge in [0.2, 0.25) is 5.91 Å². The van der Waals surface area contributed by atoms with Gasteiger partial charge in [-0.1, -0.05) is 12.8 Å². The van der Waals surface area contributed by atoms with Crippen molar-refractivity contribution in [3.63, 3.8) is 0 Å². The Morgan fingerprint density at radius 2 is 2.00 bits per heavy atom. The van der Waals surface area contributed by atoms with Gasteiger partial charge in [-0.15, -0.1) is 0 Å². The van der Waals surface area contributed by atoms with Crippen molar-refractivity contribution in [1.29, 1.82) is 0 Å². The fourth-order valence-electron chi connectivity index (χ4n) is 3.86. The largest absolute Gasteiger partial charge is 0.480 e. The fraction of sp³-hybridized carbons (Fsp3) is 0.667. The average molecular weight is 345 g/mol. The molecule has 0 aromatic carbocycles. The van der Waals surface area contributed by atoms with Crippen LogP contribution in [-0.4, -0.2) is 43.7 Å². The van der Waals surface area contributed by atoms with E-state index in [1.54, 1.807) is 0 Å². The van der Waals surface area contributed by atoms with Gasteiger partial charge >= 0.3 is 12.1 Å². The molecule has 6 nitrogen and oxygen atoms in total. The molecule has 1 aromatic rings. The second-order valence-corrected chi connectivity index (χ2v) is 6.40. The third-order valence-corrected chi connectivity index (χ3v) is 4.89. The molecule has 1 aliphatic carbocycles. The number of carboxylic acids is 1. The van der Waals surface area contributed by atoms with E-state index < -0.39 is 29.8 Å². The Morgan fingerprint density at radius 1 is 1.29 bits per heavy atom. The van der Waals surface area contributed by atoms with Crippen LogP contribution >= 0.6 is 0 Å². The smallest absolute Gasteiger partial charge is 0.435 e. The first-order chi connectivity index (χ1) is 11.3. The third-order valence-electron chi connectivity index (χ3n) is 4.89. The molecule has 9 heteroatoms. The lowest BCUT2D eigenvalue weighted by Crippen LogP contribution is -2.47. The molecule has 24 heavy (non-hydrogen) atoms. The van der Waals surface area contributed by atoms with Gasteiger partial charge in [0, 0.05) is 12.2 Å². The second-order valence-electron chi connectivity index (χ2n) is 6.40. The fourth-order valence-corrected chi connectivity index (χ4v) is 3.86. The minimum absolute atomic E-state index is 0.134. The van der Waals surface area contributed by atoms with Crippen molar-refractivity contribution in [2.24, 2.45) is 5.92 Å². The van der Waals surface area contributed by atoms with Crippen LogP contribution in [0.25, 0.3) is 0 Å². The predicted octanol–water partition coefficient (Wildman–Crippen LogP) is 2.15. The number of rotatable bonds is 3. The Balaban J connectivity index is 1.77. The van der Waals surface area contributed by atoms with Crippen LogP contribution in [0.4, 0.5) is 13.2 Å². The number of fused-ring (bicyclic) bond motifs is 1. The number of halogens is 3. The third kappa shape index (κ3) is 3.11. The van der Waals surface area contributed by atoms with Crippen LogP contribution < -0.4 is 0 Å². The van der Waals surface area contributed by atoms with Crippen molar-refractivity contribution in [1.82, 2.24) is 14.7 Å². The average Bonchev–Trinajstić information content (AvgIpc) is 3.10. The molecule has 1 saturated carbocycles. The van der Waals surface area contributed by atoms with Gasteiger partial charge in [0.05, 0.1) is 0 Å². The number of aromatic nitrogens is 2. The molecule has 1 aliphatic heterocycles. The maximum Gasteiger partial charge on any atom is 0.435 e. The lowest BCUT2D eigenvalue weighted by Gasteiger charge is -2.33. The number of hydrogen-bond acceptors (Lipinski definition) is 3. The molecule has 2 heterocycles. The summed E-state index contributed by atoms with van der Waals surface area (Å²) in [6.45, 7) is -0.386. The van der Waals surface area contributed by atoms with E-state index in [-0.39, 0.29) is 18.5 Å². The molecule has 3 unspecified atom stereocenters. The van der Waals surface area contributed by atoms with Crippen molar-refractivity contribution in [2.45, 2.75) is 56.9 Å². The van der Waals surface area contributed by atoms with Crippen molar-refractivity contribution in [3.8, 4) is 0 Å². The number of hydrogen-bond donors (Lipinski definition) is 1. The number of likely N-dealkylation sites (tertiary alicyclic amines) is 1. The molecule has 3 atom stereocenters. The van der Waals surface area contributed by atoms with E-state index in [1.165, 1.54) is 4.90 Å². The summed E-state index contributed by atoms with van der Waals surface area (Å²) < 4.78 is 38.7. The number of alkyl halides is 3. The van der Waals surface area contributed by atoms with Crippen LogP contribution in [0, 0.1) is 5.92 Å². The standard InChI is InChI=1S/C15H18F3N3O3/c16-15(17,18)12-5-6-20(19-12)8-13(22)21-10-4-2-1-3-9(10)7-11(21)14(23)24/h5-6,9-11H,1-4,7-8H2,(H,23,24). The van der Waals surface area contributed by atoms with Gasteiger partial charge in [-0.3, -0.25) is 9.48 Å². The first-order valence-corrected chi connectivity index (χ1v) is 7.92. The van der Waals surface area contributed by atoms with Crippen molar-refractivity contribution < 1.29 is 27.9 Å². The lowest BCUT2D eigenvalue weighted by atomic mass is 9.85. The molecule has 1 N–H and O–H groups in total. The molecule has 1 aromatic heterocycles. The summed E-state index contributed by atoms with van der Waals surface area (Å²) in [6.07, 6.45) is 0.510. The quantitative estimate of drug-likeness (QED) is 0.911. The van der Waals surface area contributed by atoms with E-state index in [2.05, 4.69) is 5.10 Å². The zero-order valence-electron chi connectivity index (χ0n) is 12.9. The monoisotopic (exact) mass is 345 g/mol. The minimum atomic E-state index is -4.57. The summed E-state index contributed by atoms with van der Waals surface area (Å²) in [5, 5.41) is 12.8. The Labute approximate surface area is 136 Å². The molecule has 1 amide bonds. The molecular formula is C15H18F3N3O3. The number of carbonyl (C=O) groups excluding carboxylic acids is 1. The Morgan fingerprint density at radius 3 is 2.62 bits per heavy atom. The van der Waals surface area contributed by atoms with E-state index in [1.807, 2.05) is 0 Å². The first-order valence-electron chi connectivity index (χ1n) is 7.92. The Bertz CT molecular complexity index is 643. The van der Waals surface area contributed by atoms with E-state index in [9.17, 15) is 27.9 Å². The normalized spacial score (nSPS) is 27.1. The summed E-state index contributed by atoms with van der Waals surface area (Å²) in [5.41, 5.74) is -1.07. The van der Waals surface area contributed by atoms with Crippen LogP contribution in [0.1, 0.15) is 37.8 Å². The van der Waals surface area contributed by atoms with Gasteiger partial charge in [-0.2, -0.15) is 18.3 Å². The number of nitrogens with zero attached hydrogens (tertiary/aromatic N) is 3. The molecule has 0 spiro atoms. The van der Waals surface area contributed by atoms with Crippen molar-refractivity contribution in [3.05, 3.63) is 18.0 Å². The molecule has 2 aliphatic rings. The van der Waals surface area contributed by atoms with Gasteiger partial charge in [0.15, 0.2) is 5.69 Å². The van der Waals surface area contributed by atoms with E-state index in [0.29, 0.717) is 6.42 Å². The topological polar surface area (TPSA) is 75.4 Å². The number of carboxylic acid groups (broad SMARTS) is 1. The van der Waals surface area contributed by atoms with Gasteiger partial charge in [-0.25, -0.2) is 4.79 Å². The zero-order valence-corrected chi connectivity index (χ0v) is 12.9. The lowest BCUT2D eigenvalue weighted by molar-refractivity contribution is -0.150. The molecule has 2 fully saturated rings. The van der Waals surface area contributed by atoms with E-state index in [0.717, 1.165) is 42.6 Å². The van der Waals surface area contributed by atoms with Crippen molar-refractivity contribution in [2.75, 3.05) is 0 Å². The van der Waals surface area contributed by atoms with E-state index >= 15 is 0 Å². The van der Waals surface area contributed by atoms with Crippen molar-refractivity contribution >= 4 is 11.9 Å². The zero-order chi connectivity index (χ0) is 17.5. The van der Waals surface area contributed by atoms with Gasteiger partial charge in [0.1, 0.15) is 12.6 Å². The highest BCUT2D eigenvalue weighted by molar-refractivity contribution is 5.84. The molecular weight excluding hydrogens is 327 g/mol. The molecule has 1 saturated heterocycles. The molecule has 0 bridgehead atoms. The van der Waals surface area contributed by atoms with Crippen LogP contribution in [-0.2, 0) is 22.3 Å². The van der Waals surface area contributed by atoms with Crippen LogP contribution in [0.3, 0.4) is 0 Å². The number of amides is 1.